The second-order valence-corrected chi connectivity index (χ2v) is 7.83. The van der Waals surface area contributed by atoms with Crippen molar-refractivity contribution in [2.45, 2.75) is 25.7 Å². The zero-order valence-electron chi connectivity index (χ0n) is 16.9. The van der Waals surface area contributed by atoms with Crippen LogP contribution in [0.4, 0.5) is 0 Å². The van der Waals surface area contributed by atoms with Crippen LogP contribution in [0.25, 0.3) is 5.69 Å². The average molecular weight is 389 g/mol. The molecule has 1 unspecified atom stereocenters. The predicted octanol–water partition coefficient (Wildman–Crippen LogP) is 3.78. The van der Waals surface area contributed by atoms with Gasteiger partial charge in [0.05, 0.1) is 11.4 Å². The summed E-state index contributed by atoms with van der Waals surface area (Å²) in [5.74, 6) is 0.998. The number of likely N-dealkylation sites (tertiary alicyclic amines) is 1. The summed E-state index contributed by atoms with van der Waals surface area (Å²) in [6.07, 6.45) is 3.91. The quantitative estimate of drug-likeness (QED) is 0.723. The first-order valence-electron chi connectivity index (χ1n) is 10.3. The van der Waals surface area contributed by atoms with Gasteiger partial charge in [-0.15, -0.1) is 0 Å². The van der Waals surface area contributed by atoms with E-state index in [0.29, 0.717) is 18.4 Å². The SMILES string of the molecule is Cc1ccn(-c2ccc(C(=O)N3CCC(C(CN)c4ccccc4)CC3)cc2)n1. The summed E-state index contributed by atoms with van der Waals surface area (Å²) in [5.41, 5.74) is 10.1. The van der Waals surface area contributed by atoms with Gasteiger partial charge in [0.1, 0.15) is 0 Å². The molecule has 1 atom stereocenters. The molecular formula is C24H28N4O. The molecule has 2 heterocycles. The van der Waals surface area contributed by atoms with Gasteiger partial charge in [0.25, 0.3) is 5.91 Å². The minimum atomic E-state index is 0.107. The Hall–Kier alpha value is -2.92. The van der Waals surface area contributed by atoms with Gasteiger partial charge in [-0.2, -0.15) is 5.10 Å². The van der Waals surface area contributed by atoms with Crippen molar-refractivity contribution < 1.29 is 4.79 Å². The van der Waals surface area contributed by atoms with Crippen LogP contribution in [0.1, 0.15) is 40.4 Å². The smallest absolute Gasteiger partial charge is 0.253 e. The normalized spacial score (nSPS) is 16.0. The van der Waals surface area contributed by atoms with E-state index in [4.69, 9.17) is 5.73 Å². The molecule has 150 valence electrons. The van der Waals surface area contributed by atoms with E-state index < -0.39 is 0 Å². The molecule has 2 N–H and O–H groups in total. The van der Waals surface area contributed by atoms with Crippen molar-refractivity contribution in [1.82, 2.24) is 14.7 Å². The lowest BCUT2D eigenvalue weighted by Gasteiger charge is -2.36. The number of piperidine rings is 1. The van der Waals surface area contributed by atoms with Crippen LogP contribution in [0.2, 0.25) is 0 Å². The number of carbonyl (C=O) groups excluding carboxylic acids is 1. The Morgan fingerprint density at radius 1 is 1.07 bits per heavy atom. The Morgan fingerprint density at radius 2 is 1.76 bits per heavy atom. The maximum absolute atomic E-state index is 12.9. The van der Waals surface area contributed by atoms with Crippen molar-refractivity contribution in [2.24, 2.45) is 11.7 Å². The zero-order chi connectivity index (χ0) is 20.2. The predicted molar refractivity (Wildman–Crippen MR) is 115 cm³/mol. The Labute approximate surface area is 172 Å². The number of amides is 1. The topological polar surface area (TPSA) is 64.2 Å². The third kappa shape index (κ3) is 4.25. The van der Waals surface area contributed by atoms with Crippen molar-refractivity contribution in [2.75, 3.05) is 19.6 Å². The Morgan fingerprint density at radius 3 is 2.34 bits per heavy atom. The lowest BCUT2D eigenvalue weighted by Crippen LogP contribution is -2.40. The van der Waals surface area contributed by atoms with Gasteiger partial charge in [-0.3, -0.25) is 4.79 Å². The van der Waals surface area contributed by atoms with Gasteiger partial charge in [-0.1, -0.05) is 30.3 Å². The summed E-state index contributed by atoms with van der Waals surface area (Å²) in [6, 6.07) is 20.2. The van der Waals surface area contributed by atoms with E-state index >= 15 is 0 Å². The van der Waals surface area contributed by atoms with Crippen LogP contribution in [0.3, 0.4) is 0 Å². The fourth-order valence-electron chi connectivity index (χ4n) is 4.30. The second kappa shape index (κ2) is 8.62. The molecule has 1 aliphatic rings. The summed E-state index contributed by atoms with van der Waals surface area (Å²) >= 11 is 0. The van der Waals surface area contributed by atoms with Crippen molar-refractivity contribution in [3.8, 4) is 5.69 Å². The molecule has 1 saturated heterocycles. The molecule has 0 spiro atoms. The molecule has 4 rings (SSSR count). The van der Waals surface area contributed by atoms with E-state index in [2.05, 4.69) is 29.4 Å². The maximum atomic E-state index is 12.9. The number of hydrogen-bond acceptors (Lipinski definition) is 3. The molecule has 0 aliphatic carbocycles. The van der Waals surface area contributed by atoms with Crippen LogP contribution in [-0.4, -0.2) is 40.2 Å². The number of nitrogens with zero attached hydrogens (tertiary/aromatic N) is 3. The van der Waals surface area contributed by atoms with Crippen LogP contribution in [0, 0.1) is 12.8 Å². The van der Waals surface area contributed by atoms with Crippen LogP contribution >= 0.6 is 0 Å². The van der Waals surface area contributed by atoms with Gasteiger partial charge in [0.15, 0.2) is 0 Å². The number of carbonyl (C=O) groups is 1. The van der Waals surface area contributed by atoms with Gasteiger partial charge in [-0.25, -0.2) is 4.68 Å². The fraction of sp³-hybridized carbons (Fsp3) is 0.333. The van der Waals surface area contributed by atoms with Crippen molar-refractivity contribution in [3.63, 3.8) is 0 Å². The highest BCUT2D eigenvalue weighted by atomic mass is 16.2. The first-order valence-corrected chi connectivity index (χ1v) is 10.3. The lowest BCUT2D eigenvalue weighted by atomic mass is 9.80. The number of aromatic nitrogens is 2. The number of rotatable bonds is 5. The fourth-order valence-corrected chi connectivity index (χ4v) is 4.30. The number of nitrogens with two attached hydrogens (primary N) is 1. The molecule has 0 bridgehead atoms. The minimum absolute atomic E-state index is 0.107. The largest absolute Gasteiger partial charge is 0.339 e. The first-order chi connectivity index (χ1) is 14.2. The minimum Gasteiger partial charge on any atom is -0.339 e. The van der Waals surface area contributed by atoms with E-state index in [1.807, 2.05) is 59.1 Å². The summed E-state index contributed by atoms with van der Waals surface area (Å²) in [6.45, 7) is 4.18. The average Bonchev–Trinajstić information content (AvgIpc) is 3.21. The maximum Gasteiger partial charge on any atom is 0.253 e. The van der Waals surface area contributed by atoms with Crippen molar-refractivity contribution in [3.05, 3.63) is 83.7 Å². The van der Waals surface area contributed by atoms with Crippen LogP contribution < -0.4 is 5.73 Å². The van der Waals surface area contributed by atoms with E-state index in [1.54, 1.807) is 0 Å². The monoisotopic (exact) mass is 388 g/mol. The van der Waals surface area contributed by atoms with Crippen LogP contribution in [-0.2, 0) is 0 Å². The lowest BCUT2D eigenvalue weighted by molar-refractivity contribution is 0.0679. The first kappa shape index (κ1) is 19.4. The Bertz CT molecular complexity index is 941. The molecule has 1 aromatic heterocycles. The molecule has 0 radical (unpaired) electrons. The summed E-state index contributed by atoms with van der Waals surface area (Å²) in [5, 5.41) is 4.41. The highest BCUT2D eigenvalue weighted by molar-refractivity contribution is 5.94. The third-order valence-corrected chi connectivity index (χ3v) is 5.98. The number of hydrogen-bond donors (Lipinski definition) is 1. The third-order valence-electron chi connectivity index (χ3n) is 5.98. The Kier molecular flexibility index (Phi) is 5.76. The molecule has 3 aromatic rings. The molecule has 29 heavy (non-hydrogen) atoms. The zero-order valence-corrected chi connectivity index (χ0v) is 16.9. The van der Waals surface area contributed by atoms with E-state index in [0.717, 1.165) is 42.9 Å². The summed E-state index contributed by atoms with van der Waals surface area (Å²) in [4.78, 5) is 14.9. The molecular weight excluding hydrogens is 360 g/mol. The molecule has 5 nitrogen and oxygen atoms in total. The molecule has 1 fully saturated rings. The Balaban J connectivity index is 1.38. The summed E-state index contributed by atoms with van der Waals surface area (Å²) in [7, 11) is 0. The second-order valence-electron chi connectivity index (χ2n) is 7.83. The van der Waals surface area contributed by atoms with Crippen LogP contribution in [0.15, 0.2) is 66.9 Å². The van der Waals surface area contributed by atoms with Gasteiger partial charge in [0, 0.05) is 24.8 Å². The molecule has 5 heteroatoms. The number of aryl methyl sites for hydroxylation is 1. The standard InChI is InChI=1S/C24H28N4O/c1-18-11-16-28(26-18)22-9-7-21(8-10-22)24(29)27-14-12-20(13-15-27)23(17-25)19-5-3-2-4-6-19/h2-11,16,20,23H,12-15,17,25H2,1H3. The van der Waals surface area contributed by atoms with Crippen molar-refractivity contribution >= 4 is 5.91 Å². The van der Waals surface area contributed by atoms with Gasteiger partial charge < -0.3 is 10.6 Å². The van der Waals surface area contributed by atoms with E-state index in [-0.39, 0.29) is 5.91 Å². The van der Waals surface area contributed by atoms with Crippen molar-refractivity contribution in [1.29, 1.82) is 0 Å². The highest BCUT2D eigenvalue weighted by Crippen LogP contribution is 2.32. The van der Waals surface area contributed by atoms with Gasteiger partial charge >= 0.3 is 0 Å². The van der Waals surface area contributed by atoms with Crippen LogP contribution in [0.5, 0.6) is 0 Å². The highest BCUT2D eigenvalue weighted by Gasteiger charge is 2.29. The molecule has 1 aliphatic heterocycles. The molecule has 1 amide bonds. The molecule has 0 saturated carbocycles. The van der Waals surface area contributed by atoms with Gasteiger partial charge in [0.2, 0.25) is 0 Å². The molecule has 2 aromatic carbocycles. The van der Waals surface area contributed by atoms with E-state index in [1.165, 1.54) is 5.56 Å². The van der Waals surface area contributed by atoms with E-state index in [9.17, 15) is 4.79 Å². The summed E-state index contributed by atoms with van der Waals surface area (Å²) < 4.78 is 1.83. The number of benzene rings is 2. The van der Waals surface area contributed by atoms with Gasteiger partial charge in [-0.05, 0) is 74.0 Å².